The highest BCUT2D eigenvalue weighted by Crippen LogP contribution is 2.16. The van der Waals surface area contributed by atoms with Crippen LogP contribution in [-0.4, -0.2) is 26.3 Å². The molecule has 0 unspecified atom stereocenters. The Morgan fingerprint density at radius 1 is 1.09 bits per heavy atom. The van der Waals surface area contributed by atoms with E-state index in [0.29, 0.717) is 11.4 Å². The number of rotatable bonds is 6. The van der Waals surface area contributed by atoms with Crippen molar-refractivity contribution >= 4 is 33.2 Å². The van der Waals surface area contributed by atoms with Gasteiger partial charge in [0, 0.05) is 17.7 Å². The number of amides is 1. The van der Waals surface area contributed by atoms with Crippen molar-refractivity contribution in [2.45, 2.75) is 10.6 Å². The first-order chi connectivity index (χ1) is 10.8. The summed E-state index contributed by atoms with van der Waals surface area (Å²) < 4.78 is 35.5. The zero-order valence-corrected chi connectivity index (χ0v) is 14.1. The summed E-state index contributed by atoms with van der Waals surface area (Å²) in [6, 6.07) is 12.2. The molecule has 7 heteroatoms. The van der Waals surface area contributed by atoms with E-state index in [2.05, 4.69) is 5.32 Å². The lowest BCUT2D eigenvalue weighted by molar-refractivity contribution is -0.113. The highest BCUT2D eigenvalue weighted by Gasteiger charge is 2.07. The van der Waals surface area contributed by atoms with Crippen LogP contribution >= 0.6 is 11.8 Å². The molecule has 0 saturated heterocycles. The Morgan fingerprint density at radius 3 is 2.26 bits per heavy atom. The maximum absolute atomic E-state index is 12.8. The van der Waals surface area contributed by atoms with Gasteiger partial charge in [0.1, 0.15) is 5.82 Å². The van der Waals surface area contributed by atoms with Crippen molar-refractivity contribution in [2.75, 3.05) is 17.3 Å². The van der Waals surface area contributed by atoms with E-state index in [9.17, 15) is 17.6 Å². The van der Waals surface area contributed by atoms with Crippen molar-refractivity contribution in [3.8, 4) is 0 Å². The molecule has 0 atom stereocenters. The second kappa shape index (κ2) is 7.61. The number of carbonyl (C=O) groups excluding carboxylic acids is 1. The summed E-state index contributed by atoms with van der Waals surface area (Å²) >= 11 is 1.42. The van der Waals surface area contributed by atoms with Gasteiger partial charge in [-0.15, -0.1) is 11.8 Å². The van der Waals surface area contributed by atoms with Gasteiger partial charge in [0.15, 0.2) is 9.84 Å². The minimum atomic E-state index is -3.24. The molecule has 0 saturated carbocycles. The quantitative estimate of drug-likeness (QED) is 0.867. The van der Waals surface area contributed by atoms with E-state index < -0.39 is 9.84 Å². The van der Waals surface area contributed by atoms with Crippen LogP contribution < -0.4 is 5.32 Å². The van der Waals surface area contributed by atoms with Crippen LogP contribution in [0.25, 0.3) is 0 Å². The van der Waals surface area contributed by atoms with Crippen LogP contribution in [0.5, 0.6) is 0 Å². The van der Waals surface area contributed by atoms with Crippen molar-refractivity contribution < 1.29 is 17.6 Å². The first kappa shape index (κ1) is 17.5. The third-order valence-electron chi connectivity index (χ3n) is 2.98. The van der Waals surface area contributed by atoms with Crippen LogP contribution in [0.4, 0.5) is 10.1 Å². The lowest BCUT2D eigenvalue weighted by atomic mass is 10.2. The number of hydrogen-bond donors (Lipinski definition) is 1. The molecule has 2 aromatic rings. The van der Waals surface area contributed by atoms with Gasteiger partial charge in [-0.1, -0.05) is 12.1 Å². The molecule has 2 aromatic carbocycles. The number of anilines is 1. The average Bonchev–Trinajstić information content (AvgIpc) is 2.49. The van der Waals surface area contributed by atoms with Crippen LogP contribution in [0.2, 0.25) is 0 Å². The fourth-order valence-electron chi connectivity index (χ4n) is 1.82. The second-order valence-corrected chi connectivity index (χ2v) is 7.97. The normalized spacial score (nSPS) is 11.2. The molecule has 0 aliphatic heterocycles. The van der Waals surface area contributed by atoms with Gasteiger partial charge in [-0.3, -0.25) is 4.79 Å². The van der Waals surface area contributed by atoms with Crippen molar-refractivity contribution in [3.63, 3.8) is 0 Å². The van der Waals surface area contributed by atoms with E-state index in [4.69, 9.17) is 0 Å². The van der Waals surface area contributed by atoms with Crippen molar-refractivity contribution in [2.24, 2.45) is 0 Å². The van der Waals surface area contributed by atoms with Crippen LogP contribution in [0.3, 0.4) is 0 Å². The average molecular weight is 353 g/mol. The minimum absolute atomic E-state index is 0.177. The van der Waals surface area contributed by atoms with Gasteiger partial charge in [0.2, 0.25) is 5.91 Å². The molecule has 0 bridgehead atoms. The molecule has 23 heavy (non-hydrogen) atoms. The molecule has 1 amide bonds. The fraction of sp³-hybridized carbons (Fsp3) is 0.188. The third kappa shape index (κ3) is 5.69. The summed E-state index contributed by atoms with van der Waals surface area (Å²) in [5.74, 6) is 0.407. The molecular weight excluding hydrogens is 337 g/mol. The van der Waals surface area contributed by atoms with E-state index >= 15 is 0 Å². The van der Waals surface area contributed by atoms with Gasteiger partial charge < -0.3 is 5.32 Å². The Kier molecular flexibility index (Phi) is 5.79. The Bertz CT molecular complexity index is 772. The van der Waals surface area contributed by atoms with Crippen molar-refractivity contribution in [1.82, 2.24) is 0 Å². The van der Waals surface area contributed by atoms with Gasteiger partial charge in [-0.25, -0.2) is 12.8 Å². The number of halogens is 1. The SMILES string of the molecule is CS(=O)(=O)c1ccc(NC(=O)CSCc2ccc(F)cc2)cc1. The van der Waals surface area contributed by atoms with Crippen LogP contribution in [0.1, 0.15) is 5.56 Å². The predicted molar refractivity (Wildman–Crippen MR) is 90.7 cm³/mol. The summed E-state index contributed by atoms with van der Waals surface area (Å²) in [6.07, 6.45) is 1.13. The number of benzene rings is 2. The van der Waals surface area contributed by atoms with E-state index in [1.54, 1.807) is 24.3 Å². The topological polar surface area (TPSA) is 63.2 Å². The standard InChI is InChI=1S/C16H16FNO3S2/c1-23(20,21)15-8-6-14(7-9-15)18-16(19)11-22-10-12-2-4-13(17)5-3-12/h2-9H,10-11H2,1H3,(H,18,19). The Balaban J connectivity index is 1.81. The molecule has 0 aliphatic rings. The summed E-state index contributed by atoms with van der Waals surface area (Å²) in [4.78, 5) is 12.0. The third-order valence-corrected chi connectivity index (χ3v) is 5.11. The van der Waals surface area contributed by atoms with Gasteiger partial charge >= 0.3 is 0 Å². The van der Waals surface area contributed by atoms with Crippen molar-refractivity contribution in [1.29, 1.82) is 0 Å². The van der Waals surface area contributed by atoms with Gasteiger partial charge in [-0.05, 0) is 42.0 Å². The fourth-order valence-corrected chi connectivity index (χ4v) is 3.24. The molecule has 0 heterocycles. The Hall–Kier alpha value is -1.86. The summed E-state index contributed by atoms with van der Waals surface area (Å²) in [5, 5.41) is 2.70. The molecular formula is C16H16FNO3S2. The highest BCUT2D eigenvalue weighted by molar-refractivity contribution is 7.99. The van der Waals surface area contributed by atoms with Crippen LogP contribution in [-0.2, 0) is 20.4 Å². The molecule has 0 spiro atoms. The van der Waals surface area contributed by atoms with Crippen LogP contribution in [0.15, 0.2) is 53.4 Å². The molecule has 2 rings (SSSR count). The summed E-state index contributed by atoms with van der Waals surface area (Å²) in [6.45, 7) is 0. The maximum Gasteiger partial charge on any atom is 0.234 e. The monoisotopic (exact) mass is 353 g/mol. The molecule has 122 valence electrons. The first-order valence-electron chi connectivity index (χ1n) is 6.77. The largest absolute Gasteiger partial charge is 0.325 e. The number of sulfone groups is 1. The minimum Gasteiger partial charge on any atom is -0.325 e. The number of nitrogens with one attached hydrogen (secondary N) is 1. The van der Waals surface area contributed by atoms with Gasteiger partial charge in [0.25, 0.3) is 0 Å². The number of hydrogen-bond acceptors (Lipinski definition) is 4. The number of thioether (sulfide) groups is 1. The molecule has 0 fully saturated rings. The van der Waals surface area contributed by atoms with E-state index in [1.165, 1.54) is 36.0 Å². The first-order valence-corrected chi connectivity index (χ1v) is 9.81. The Morgan fingerprint density at radius 2 is 1.70 bits per heavy atom. The summed E-state index contributed by atoms with van der Waals surface area (Å²) in [7, 11) is -3.24. The lowest BCUT2D eigenvalue weighted by Gasteiger charge is -2.06. The zero-order chi connectivity index (χ0) is 16.9. The second-order valence-electron chi connectivity index (χ2n) is 4.96. The van der Waals surface area contributed by atoms with E-state index in [1.807, 2.05) is 0 Å². The van der Waals surface area contributed by atoms with Gasteiger partial charge in [0.05, 0.1) is 10.6 Å². The highest BCUT2D eigenvalue weighted by atomic mass is 32.2. The van der Waals surface area contributed by atoms with Gasteiger partial charge in [-0.2, -0.15) is 0 Å². The molecule has 0 aromatic heterocycles. The predicted octanol–water partition coefficient (Wildman–Crippen LogP) is 3.10. The number of carbonyl (C=O) groups is 1. The molecule has 0 aliphatic carbocycles. The Labute approximate surface area is 139 Å². The van der Waals surface area contributed by atoms with E-state index in [-0.39, 0.29) is 22.4 Å². The smallest absolute Gasteiger partial charge is 0.234 e. The maximum atomic E-state index is 12.8. The van der Waals surface area contributed by atoms with E-state index in [0.717, 1.165) is 11.8 Å². The molecule has 4 nitrogen and oxygen atoms in total. The lowest BCUT2D eigenvalue weighted by Crippen LogP contribution is -2.14. The zero-order valence-electron chi connectivity index (χ0n) is 12.5. The molecule has 1 N–H and O–H groups in total. The van der Waals surface area contributed by atoms with Crippen LogP contribution in [0, 0.1) is 5.82 Å². The molecule has 0 radical (unpaired) electrons. The van der Waals surface area contributed by atoms with Crippen molar-refractivity contribution in [3.05, 3.63) is 59.9 Å². The summed E-state index contributed by atoms with van der Waals surface area (Å²) in [5.41, 5.74) is 1.49.